The zero-order valence-electron chi connectivity index (χ0n) is 14.3. The fourth-order valence-electron chi connectivity index (χ4n) is 3.04. The van der Waals surface area contributed by atoms with Crippen molar-refractivity contribution >= 4 is 22.5 Å². The molecule has 1 aliphatic rings. The number of aromatic hydroxyl groups is 1. The third-order valence-electron chi connectivity index (χ3n) is 4.24. The van der Waals surface area contributed by atoms with Crippen molar-refractivity contribution < 1.29 is 19.4 Å². The summed E-state index contributed by atoms with van der Waals surface area (Å²) in [6, 6.07) is 12.3. The summed E-state index contributed by atoms with van der Waals surface area (Å²) < 4.78 is 12.3. The Bertz CT molecular complexity index is 1040. The predicted octanol–water partition coefficient (Wildman–Crippen LogP) is 4.58. The van der Waals surface area contributed by atoms with Crippen molar-refractivity contribution in [2.75, 3.05) is 6.79 Å². The number of hydrogen-bond donors (Lipinski definition) is 1. The molecule has 1 aliphatic heterocycles. The zero-order chi connectivity index (χ0) is 18.3. The van der Waals surface area contributed by atoms with E-state index in [1.807, 2.05) is 38.1 Å². The van der Waals surface area contributed by atoms with Crippen LogP contribution < -0.4 is 9.47 Å². The molecule has 0 saturated carbocycles. The van der Waals surface area contributed by atoms with Gasteiger partial charge < -0.3 is 19.1 Å². The van der Waals surface area contributed by atoms with Gasteiger partial charge in [0.25, 0.3) is 5.91 Å². The van der Waals surface area contributed by atoms with Crippen molar-refractivity contribution in [1.29, 1.82) is 0 Å². The first-order valence-corrected chi connectivity index (χ1v) is 8.24. The van der Waals surface area contributed by atoms with E-state index in [2.05, 4.69) is 10.2 Å². The first kappa shape index (κ1) is 16.1. The van der Waals surface area contributed by atoms with E-state index in [4.69, 9.17) is 9.47 Å². The highest BCUT2D eigenvalue weighted by Gasteiger charge is 2.19. The maximum Gasteiger partial charge on any atom is 0.295 e. The van der Waals surface area contributed by atoms with Crippen LogP contribution in [-0.2, 0) is 0 Å². The number of fused-ring (bicyclic) bond motifs is 2. The third-order valence-corrected chi connectivity index (χ3v) is 4.24. The van der Waals surface area contributed by atoms with Crippen LogP contribution in [-0.4, -0.2) is 22.4 Å². The molecule has 0 unspecified atom stereocenters. The van der Waals surface area contributed by atoms with Crippen LogP contribution in [0.25, 0.3) is 10.9 Å². The maximum atomic E-state index is 12.4. The van der Waals surface area contributed by atoms with Gasteiger partial charge >= 0.3 is 0 Å². The molecule has 1 amide bonds. The van der Waals surface area contributed by atoms with Gasteiger partial charge in [0.1, 0.15) is 0 Å². The smallest absolute Gasteiger partial charge is 0.295 e. The number of hydrogen-bond acceptors (Lipinski definition) is 5. The zero-order valence-corrected chi connectivity index (χ0v) is 14.3. The van der Waals surface area contributed by atoms with Gasteiger partial charge in [0.05, 0.1) is 5.52 Å². The van der Waals surface area contributed by atoms with Gasteiger partial charge in [0, 0.05) is 17.0 Å². The van der Waals surface area contributed by atoms with Crippen LogP contribution in [0.3, 0.4) is 0 Å². The molecule has 7 nitrogen and oxygen atoms in total. The first-order chi connectivity index (χ1) is 12.6. The molecule has 0 atom stereocenters. The van der Waals surface area contributed by atoms with E-state index in [1.165, 1.54) is 0 Å². The Morgan fingerprint density at radius 2 is 1.92 bits per heavy atom. The summed E-state index contributed by atoms with van der Waals surface area (Å²) in [5.74, 6) is 0.564. The predicted molar refractivity (Wildman–Crippen MR) is 95.4 cm³/mol. The number of amides is 1. The lowest BCUT2D eigenvalue weighted by Crippen LogP contribution is -1.98. The number of para-hydroxylation sites is 1. The largest absolute Gasteiger partial charge is 0.493 e. The number of azo groups is 1. The third kappa shape index (κ3) is 2.57. The fraction of sp³-hybridized carbons (Fsp3) is 0.211. The summed E-state index contributed by atoms with van der Waals surface area (Å²) in [6.07, 6.45) is 0. The molecule has 0 fully saturated rings. The SMILES string of the molecule is CC(C)n1c(O)c(N=NC(=O)c2ccc3c(c2)OCO3)c2ccccc21. The second-order valence-corrected chi connectivity index (χ2v) is 6.23. The molecule has 2 heterocycles. The highest BCUT2D eigenvalue weighted by Crippen LogP contribution is 2.41. The number of nitrogens with zero attached hydrogens (tertiary/aromatic N) is 3. The Balaban J connectivity index is 1.71. The number of carbonyl (C=O) groups is 1. The van der Waals surface area contributed by atoms with Gasteiger partial charge in [-0.1, -0.05) is 18.2 Å². The van der Waals surface area contributed by atoms with Crippen molar-refractivity contribution in [3.63, 3.8) is 0 Å². The standard InChI is InChI=1S/C19H17N3O4/c1-11(2)22-14-6-4-3-5-13(14)17(19(22)24)20-21-18(23)12-7-8-15-16(9-12)26-10-25-15/h3-9,11,24H,10H2,1-2H3. The maximum absolute atomic E-state index is 12.4. The van der Waals surface area contributed by atoms with Gasteiger partial charge in [-0.15, -0.1) is 10.2 Å². The Labute approximate surface area is 149 Å². The molecule has 132 valence electrons. The van der Waals surface area contributed by atoms with E-state index in [1.54, 1.807) is 22.8 Å². The van der Waals surface area contributed by atoms with Crippen LogP contribution in [0, 0.1) is 0 Å². The van der Waals surface area contributed by atoms with Gasteiger partial charge in [0.2, 0.25) is 12.7 Å². The lowest BCUT2D eigenvalue weighted by atomic mass is 10.2. The number of aromatic nitrogens is 1. The second kappa shape index (κ2) is 6.18. The number of benzene rings is 2. The van der Waals surface area contributed by atoms with Crippen molar-refractivity contribution in [3.8, 4) is 17.4 Å². The summed E-state index contributed by atoms with van der Waals surface area (Å²) in [5.41, 5.74) is 1.46. The molecule has 0 aliphatic carbocycles. The quantitative estimate of drug-likeness (QED) is 0.700. The van der Waals surface area contributed by atoms with E-state index in [-0.39, 0.29) is 24.4 Å². The minimum absolute atomic E-state index is 0.0107. The molecule has 7 heteroatoms. The lowest BCUT2D eigenvalue weighted by molar-refractivity contribution is 0.0994. The normalized spacial score (nSPS) is 13.2. The average Bonchev–Trinajstić information content (AvgIpc) is 3.20. The molecule has 0 radical (unpaired) electrons. The van der Waals surface area contributed by atoms with E-state index in [0.717, 1.165) is 10.9 Å². The summed E-state index contributed by atoms with van der Waals surface area (Å²) in [4.78, 5) is 12.4. The van der Waals surface area contributed by atoms with Crippen molar-refractivity contribution in [1.82, 2.24) is 4.57 Å². The summed E-state index contributed by atoms with van der Waals surface area (Å²) in [5, 5.41) is 19.1. The second-order valence-electron chi connectivity index (χ2n) is 6.23. The van der Waals surface area contributed by atoms with E-state index < -0.39 is 5.91 Å². The molecule has 4 rings (SSSR count). The topological polar surface area (TPSA) is 85.4 Å². The molecule has 0 bridgehead atoms. The van der Waals surface area contributed by atoms with Gasteiger partial charge in [-0.25, -0.2) is 0 Å². The monoisotopic (exact) mass is 351 g/mol. The highest BCUT2D eigenvalue weighted by molar-refractivity contribution is 5.97. The minimum Gasteiger partial charge on any atom is -0.493 e. The molecule has 0 saturated heterocycles. The Kier molecular flexibility index (Phi) is 3.84. The van der Waals surface area contributed by atoms with Crippen molar-refractivity contribution in [2.24, 2.45) is 10.2 Å². The first-order valence-electron chi connectivity index (χ1n) is 8.24. The molecule has 26 heavy (non-hydrogen) atoms. The Hall–Kier alpha value is -3.35. The van der Waals surface area contributed by atoms with Crippen LogP contribution in [0.1, 0.15) is 30.2 Å². The Morgan fingerprint density at radius 1 is 1.15 bits per heavy atom. The van der Waals surface area contributed by atoms with Gasteiger partial charge in [-0.05, 0) is 38.1 Å². The summed E-state index contributed by atoms with van der Waals surface area (Å²) in [7, 11) is 0. The van der Waals surface area contributed by atoms with Crippen LogP contribution in [0.2, 0.25) is 0 Å². The van der Waals surface area contributed by atoms with Gasteiger partial charge in [-0.3, -0.25) is 4.79 Å². The van der Waals surface area contributed by atoms with Crippen LogP contribution in [0.15, 0.2) is 52.7 Å². The fourth-order valence-corrected chi connectivity index (χ4v) is 3.04. The molecule has 1 N–H and O–H groups in total. The van der Waals surface area contributed by atoms with Crippen LogP contribution in [0.4, 0.5) is 5.69 Å². The van der Waals surface area contributed by atoms with Crippen LogP contribution >= 0.6 is 0 Å². The summed E-state index contributed by atoms with van der Waals surface area (Å²) >= 11 is 0. The number of rotatable bonds is 3. The number of ether oxygens (including phenoxy) is 2. The lowest BCUT2D eigenvalue weighted by Gasteiger charge is -2.10. The average molecular weight is 351 g/mol. The van der Waals surface area contributed by atoms with E-state index >= 15 is 0 Å². The van der Waals surface area contributed by atoms with Gasteiger partial charge in [-0.2, -0.15) is 0 Å². The molecule has 2 aromatic carbocycles. The van der Waals surface area contributed by atoms with E-state index in [9.17, 15) is 9.90 Å². The highest BCUT2D eigenvalue weighted by atomic mass is 16.7. The molecule has 3 aromatic rings. The summed E-state index contributed by atoms with van der Waals surface area (Å²) in [6.45, 7) is 4.06. The van der Waals surface area contributed by atoms with E-state index in [0.29, 0.717) is 17.1 Å². The number of carbonyl (C=O) groups excluding carboxylic acids is 1. The minimum atomic E-state index is -0.524. The molecule has 1 aromatic heterocycles. The molecular weight excluding hydrogens is 334 g/mol. The molecular formula is C19H17N3O4. The Morgan fingerprint density at radius 3 is 2.73 bits per heavy atom. The van der Waals surface area contributed by atoms with Crippen LogP contribution in [0.5, 0.6) is 17.4 Å². The van der Waals surface area contributed by atoms with Crippen molar-refractivity contribution in [2.45, 2.75) is 19.9 Å². The molecule has 0 spiro atoms. The van der Waals surface area contributed by atoms with Gasteiger partial charge in [0.15, 0.2) is 17.2 Å². The van der Waals surface area contributed by atoms with Crippen molar-refractivity contribution in [3.05, 3.63) is 48.0 Å².